The summed E-state index contributed by atoms with van der Waals surface area (Å²) in [6.45, 7) is 8.59. The molecule has 2 aliphatic heterocycles. The third kappa shape index (κ3) is 6.47. The van der Waals surface area contributed by atoms with Crippen LogP contribution in [-0.2, 0) is 39.3 Å². The molecule has 3 aromatic heterocycles. The molecule has 5 rings (SSSR count). The Labute approximate surface area is 252 Å². The number of likely N-dealkylation sites (tertiary alicyclic amines) is 1. The average molecular weight is 638 g/mol. The van der Waals surface area contributed by atoms with Crippen LogP contribution in [-0.4, -0.2) is 59.1 Å². The number of alkyl halides is 3. The Kier molecular flexibility index (Phi) is 8.69. The predicted molar refractivity (Wildman–Crippen MR) is 154 cm³/mol. The molecule has 1 fully saturated rings. The number of nitrogens with zero attached hydrogens (tertiary/aromatic N) is 4. The number of fused-ring (bicyclic) bond motifs is 2. The maximum atomic E-state index is 13.1. The van der Waals surface area contributed by atoms with Crippen LogP contribution in [0.25, 0.3) is 0 Å². The highest BCUT2D eigenvalue weighted by Gasteiger charge is 2.45. The van der Waals surface area contributed by atoms with Crippen molar-refractivity contribution < 1.29 is 31.1 Å². The summed E-state index contributed by atoms with van der Waals surface area (Å²) in [5.41, 5.74) is 2.07. The van der Waals surface area contributed by atoms with Gasteiger partial charge in [-0.1, -0.05) is 6.92 Å². The lowest BCUT2D eigenvalue weighted by atomic mass is 9.83. The van der Waals surface area contributed by atoms with E-state index in [0.29, 0.717) is 54.2 Å². The smallest absolute Gasteiger partial charge is 0.366 e. The van der Waals surface area contributed by atoms with E-state index in [4.69, 9.17) is 4.74 Å². The van der Waals surface area contributed by atoms with Crippen molar-refractivity contribution >= 4 is 27.1 Å². The molecule has 5 heterocycles. The second-order valence-electron chi connectivity index (χ2n) is 11.1. The molecular formula is C29H34F3N5O4S2. The summed E-state index contributed by atoms with van der Waals surface area (Å²) in [5.74, 6) is -1.38. The Hall–Kier alpha value is -2.94. The summed E-state index contributed by atoms with van der Waals surface area (Å²) in [5, 5.41) is 2.89. The minimum absolute atomic E-state index is 0.0114. The number of rotatable bonds is 7. The van der Waals surface area contributed by atoms with Crippen LogP contribution in [0.2, 0.25) is 0 Å². The van der Waals surface area contributed by atoms with E-state index >= 15 is 0 Å². The number of aromatic nitrogens is 3. The average Bonchev–Trinajstić information content (AvgIpc) is 3.41. The highest BCUT2D eigenvalue weighted by Crippen LogP contribution is 2.48. The number of hydrogen-bond acceptors (Lipinski definition) is 9. The third-order valence-corrected chi connectivity index (χ3v) is 11.3. The number of nitrogens with one attached hydrogen (secondary N) is 1. The molecule has 3 aromatic rings. The SMILES string of the molecule is CCS(=O)(=O)c1ccc(CNC(=O)c2cc3c(s2)C2(CCN(C(C)c4cnc(C(F)(F)F)nc4C)CC2)O[C@@H](C)C3)nc1. The molecule has 43 heavy (non-hydrogen) atoms. The largest absolute Gasteiger partial charge is 0.451 e. The predicted octanol–water partition coefficient (Wildman–Crippen LogP) is 5.00. The molecule has 9 nitrogen and oxygen atoms in total. The summed E-state index contributed by atoms with van der Waals surface area (Å²) in [4.78, 5) is 28.6. The first-order valence-corrected chi connectivity index (χ1v) is 16.6. The lowest BCUT2D eigenvalue weighted by Crippen LogP contribution is -2.48. The summed E-state index contributed by atoms with van der Waals surface area (Å²) in [7, 11) is -3.35. The van der Waals surface area contributed by atoms with Gasteiger partial charge in [0.1, 0.15) is 5.60 Å². The Morgan fingerprint density at radius 3 is 2.56 bits per heavy atom. The van der Waals surface area contributed by atoms with Crippen molar-refractivity contribution in [2.75, 3.05) is 18.8 Å². The summed E-state index contributed by atoms with van der Waals surface area (Å²) < 4.78 is 69.8. The number of ether oxygens (including phenoxy) is 1. The fourth-order valence-corrected chi connectivity index (χ4v) is 7.95. The van der Waals surface area contributed by atoms with E-state index in [-0.39, 0.29) is 35.2 Å². The van der Waals surface area contributed by atoms with Gasteiger partial charge in [-0.25, -0.2) is 18.4 Å². The van der Waals surface area contributed by atoms with Gasteiger partial charge in [0.05, 0.1) is 33.9 Å². The molecule has 232 valence electrons. The van der Waals surface area contributed by atoms with Gasteiger partial charge in [0.15, 0.2) is 9.84 Å². The second kappa shape index (κ2) is 11.9. The van der Waals surface area contributed by atoms with Crippen LogP contribution in [0.15, 0.2) is 35.5 Å². The number of thiophene rings is 1. The van der Waals surface area contributed by atoms with Crippen molar-refractivity contribution in [2.24, 2.45) is 0 Å². The van der Waals surface area contributed by atoms with Crippen molar-refractivity contribution in [1.29, 1.82) is 0 Å². The number of aryl methyl sites for hydroxylation is 1. The fraction of sp³-hybridized carbons (Fsp3) is 0.517. The van der Waals surface area contributed by atoms with Gasteiger partial charge in [-0.3, -0.25) is 14.7 Å². The van der Waals surface area contributed by atoms with Crippen LogP contribution in [0.4, 0.5) is 13.2 Å². The molecule has 1 amide bonds. The number of pyridine rings is 1. The van der Waals surface area contributed by atoms with Gasteiger partial charge in [-0.2, -0.15) is 13.2 Å². The van der Waals surface area contributed by atoms with E-state index in [1.54, 1.807) is 19.9 Å². The first-order chi connectivity index (χ1) is 20.2. The Morgan fingerprint density at radius 2 is 1.95 bits per heavy atom. The lowest BCUT2D eigenvalue weighted by molar-refractivity contribution is -0.145. The summed E-state index contributed by atoms with van der Waals surface area (Å²) >= 11 is 1.43. The van der Waals surface area contributed by atoms with Gasteiger partial charge in [0.25, 0.3) is 5.91 Å². The van der Waals surface area contributed by atoms with Gasteiger partial charge in [-0.15, -0.1) is 11.3 Å². The van der Waals surface area contributed by atoms with Crippen LogP contribution in [0, 0.1) is 6.92 Å². The number of amides is 1. The molecule has 1 unspecified atom stereocenters. The topological polar surface area (TPSA) is 114 Å². The number of halogens is 3. The van der Waals surface area contributed by atoms with Gasteiger partial charge >= 0.3 is 6.18 Å². The minimum Gasteiger partial charge on any atom is -0.366 e. The monoisotopic (exact) mass is 637 g/mol. The highest BCUT2D eigenvalue weighted by atomic mass is 32.2. The quantitative estimate of drug-likeness (QED) is 0.385. The second-order valence-corrected chi connectivity index (χ2v) is 14.4. The van der Waals surface area contributed by atoms with Crippen molar-refractivity contribution in [3.8, 4) is 0 Å². The molecule has 0 aromatic carbocycles. The van der Waals surface area contributed by atoms with E-state index in [9.17, 15) is 26.4 Å². The molecule has 0 aliphatic carbocycles. The van der Waals surface area contributed by atoms with E-state index < -0.39 is 27.4 Å². The van der Waals surface area contributed by atoms with Crippen molar-refractivity contribution in [2.45, 2.75) is 82.3 Å². The molecule has 0 radical (unpaired) electrons. The minimum atomic E-state index is -4.59. The first kappa shape index (κ1) is 31.5. The molecule has 14 heteroatoms. The Bertz CT molecular complexity index is 1600. The van der Waals surface area contributed by atoms with E-state index in [1.165, 1.54) is 29.8 Å². The molecular weight excluding hydrogens is 603 g/mol. The number of carbonyl (C=O) groups excluding carboxylic acids is 1. The summed E-state index contributed by atoms with van der Waals surface area (Å²) in [6, 6.07) is 4.85. The van der Waals surface area contributed by atoms with Crippen molar-refractivity contribution in [3.05, 3.63) is 68.7 Å². The standard InChI is InChI=1S/C29H34F3N5O4S2/c1-5-43(39,40)22-7-6-21(33-15-22)14-34-26(38)24-13-20-12-17(2)41-28(25(20)42-24)8-10-37(11-9-28)19(4)23-16-35-27(29(30,31)32)36-18(23)3/h6-7,13,15-17,19H,5,8-12,14H2,1-4H3,(H,34,38)/t17-,19?/m0/s1. The fourth-order valence-electron chi connectivity index (χ4n) is 5.83. The zero-order chi connectivity index (χ0) is 31.2. The molecule has 1 spiro atoms. The van der Waals surface area contributed by atoms with E-state index in [1.807, 2.05) is 19.9 Å². The van der Waals surface area contributed by atoms with Crippen LogP contribution >= 0.6 is 11.3 Å². The molecule has 0 bridgehead atoms. The van der Waals surface area contributed by atoms with Gasteiger partial charge in [-0.05, 0) is 63.8 Å². The van der Waals surface area contributed by atoms with Crippen LogP contribution in [0.1, 0.15) is 82.5 Å². The molecule has 2 atom stereocenters. The number of carbonyl (C=O) groups is 1. The molecule has 1 saturated heterocycles. The van der Waals surface area contributed by atoms with Crippen molar-refractivity contribution in [3.63, 3.8) is 0 Å². The Morgan fingerprint density at radius 1 is 1.23 bits per heavy atom. The summed E-state index contributed by atoms with van der Waals surface area (Å²) in [6.07, 6.45) is 0.00814. The number of sulfone groups is 1. The van der Waals surface area contributed by atoms with Gasteiger partial charge < -0.3 is 10.1 Å². The number of piperidine rings is 1. The zero-order valence-electron chi connectivity index (χ0n) is 24.4. The van der Waals surface area contributed by atoms with Crippen LogP contribution in [0.3, 0.4) is 0 Å². The maximum absolute atomic E-state index is 13.1. The van der Waals surface area contributed by atoms with E-state index in [0.717, 1.165) is 10.4 Å². The third-order valence-electron chi connectivity index (χ3n) is 8.22. The van der Waals surface area contributed by atoms with Gasteiger partial charge in [0.2, 0.25) is 5.82 Å². The van der Waals surface area contributed by atoms with Crippen LogP contribution < -0.4 is 5.32 Å². The normalized spacial score (nSPS) is 19.7. The molecule has 1 N–H and O–H groups in total. The first-order valence-electron chi connectivity index (χ1n) is 14.1. The maximum Gasteiger partial charge on any atom is 0.451 e. The lowest BCUT2D eigenvalue weighted by Gasteiger charge is -2.47. The number of hydrogen-bond donors (Lipinski definition) is 1. The highest BCUT2D eigenvalue weighted by molar-refractivity contribution is 7.91. The molecule has 0 saturated carbocycles. The Balaban J connectivity index is 1.26. The zero-order valence-corrected chi connectivity index (χ0v) is 26.0. The van der Waals surface area contributed by atoms with Gasteiger partial charge in [0, 0.05) is 47.7 Å². The van der Waals surface area contributed by atoms with Crippen LogP contribution in [0.5, 0.6) is 0 Å². The van der Waals surface area contributed by atoms with Crippen molar-refractivity contribution in [1.82, 2.24) is 25.2 Å². The van der Waals surface area contributed by atoms with E-state index in [2.05, 4.69) is 25.2 Å². The molecule has 2 aliphatic rings.